The fraction of sp³-hybridized carbons (Fsp3) is 0.533. The maximum absolute atomic E-state index is 12.7. The van der Waals surface area contributed by atoms with Crippen molar-refractivity contribution in [2.45, 2.75) is 29.9 Å². The average molecular weight is 322 g/mol. The van der Waals surface area contributed by atoms with Gasteiger partial charge in [-0.15, -0.1) is 0 Å². The first kappa shape index (κ1) is 15.4. The van der Waals surface area contributed by atoms with Gasteiger partial charge in [-0.05, 0) is 18.6 Å². The first-order chi connectivity index (χ1) is 10.6. The van der Waals surface area contributed by atoms with Crippen LogP contribution in [-0.4, -0.2) is 44.8 Å². The minimum atomic E-state index is -3.66. The van der Waals surface area contributed by atoms with E-state index in [0.29, 0.717) is 39.1 Å². The fourth-order valence-electron chi connectivity index (χ4n) is 2.90. The van der Waals surface area contributed by atoms with E-state index in [1.165, 1.54) is 16.4 Å². The number of hydrogen-bond donors (Lipinski definition) is 0. The number of hydrogen-bond acceptors (Lipinski definition) is 5. The van der Waals surface area contributed by atoms with E-state index in [9.17, 15) is 8.42 Å². The second-order valence-electron chi connectivity index (χ2n) is 5.47. The molecule has 0 amide bonds. The lowest BCUT2D eigenvalue weighted by Gasteiger charge is -2.42. The Hall–Kier alpha value is -1.46. The van der Waals surface area contributed by atoms with E-state index in [1.807, 2.05) is 6.07 Å². The number of nitriles is 1. The molecule has 1 aromatic rings. The molecule has 0 aliphatic carbocycles. The molecule has 3 rings (SSSR count). The number of piperidine rings is 1. The fourth-order valence-corrected chi connectivity index (χ4v) is 4.48. The Balaban J connectivity index is 1.79. The zero-order valence-corrected chi connectivity index (χ0v) is 13.0. The van der Waals surface area contributed by atoms with Gasteiger partial charge in [0, 0.05) is 25.9 Å². The van der Waals surface area contributed by atoms with Crippen LogP contribution in [-0.2, 0) is 19.5 Å². The van der Waals surface area contributed by atoms with E-state index in [0.717, 1.165) is 6.42 Å². The normalized spacial score (nSPS) is 22.3. The molecule has 7 heteroatoms. The Morgan fingerprint density at radius 2 is 1.77 bits per heavy atom. The van der Waals surface area contributed by atoms with Gasteiger partial charge in [0.05, 0.1) is 23.7 Å². The molecule has 6 nitrogen and oxygen atoms in total. The van der Waals surface area contributed by atoms with Gasteiger partial charge < -0.3 is 9.47 Å². The van der Waals surface area contributed by atoms with Crippen LogP contribution >= 0.6 is 0 Å². The highest BCUT2D eigenvalue weighted by Crippen LogP contribution is 2.33. The van der Waals surface area contributed by atoms with E-state index in [2.05, 4.69) is 0 Å². The number of nitrogens with zero attached hydrogens (tertiary/aromatic N) is 2. The molecule has 0 saturated carbocycles. The van der Waals surface area contributed by atoms with E-state index >= 15 is 0 Å². The van der Waals surface area contributed by atoms with Gasteiger partial charge >= 0.3 is 0 Å². The number of rotatable bonds is 2. The van der Waals surface area contributed by atoms with E-state index in [1.54, 1.807) is 12.1 Å². The van der Waals surface area contributed by atoms with Crippen molar-refractivity contribution in [2.75, 3.05) is 26.3 Å². The molecule has 2 saturated heterocycles. The summed E-state index contributed by atoms with van der Waals surface area (Å²) in [6.45, 7) is 1.98. The largest absolute Gasteiger partial charge is 0.350 e. The highest BCUT2D eigenvalue weighted by Gasteiger charge is 2.41. The molecule has 1 spiro atoms. The molecule has 0 unspecified atom stereocenters. The third-order valence-corrected chi connectivity index (χ3v) is 6.09. The summed E-state index contributed by atoms with van der Waals surface area (Å²) in [5.41, 5.74) is 0.174. The quantitative estimate of drug-likeness (QED) is 0.824. The molecule has 1 aromatic carbocycles. The zero-order chi connectivity index (χ0) is 15.6. The average Bonchev–Trinajstić information content (AvgIpc) is 2.56. The Kier molecular flexibility index (Phi) is 4.19. The van der Waals surface area contributed by atoms with E-state index in [-0.39, 0.29) is 10.5 Å². The summed E-state index contributed by atoms with van der Waals surface area (Å²) in [4.78, 5) is 0.0685. The van der Waals surface area contributed by atoms with Crippen LogP contribution in [0.3, 0.4) is 0 Å². The summed E-state index contributed by atoms with van der Waals surface area (Å²) in [6, 6.07) is 8.23. The Bertz CT molecular complexity index is 680. The van der Waals surface area contributed by atoms with Crippen LogP contribution in [0.1, 0.15) is 24.8 Å². The van der Waals surface area contributed by atoms with Crippen molar-refractivity contribution in [3.8, 4) is 6.07 Å². The van der Waals surface area contributed by atoms with E-state index < -0.39 is 15.8 Å². The van der Waals surface area contributed by atoms with Crippen molar-refractivity contribution < 1.29 is 17.9 Å². The summed E-state index contributed by atoms with van der Waals surface area (Å²) >= 11 is 0. The third-order valence-electron chi connectivity index (χ3n) is 4.13. The predicted molar refractivity (Wildman–Crippen MR) is 78.4 cm³/mol. The van der Waals surface area contributed by atoms with Gasteiger partial charge in [-0.3, -0.25) is 0 Å². The number of benzene rings is 1. The van der Waals surface area contributed by atoms with Gasteiger partial charge in [0.2, 0.25) is 10.0 Å². The highest BCUT2D eigenvalue weighted by molar-refractivity contribution is 7.89. The SMILES string of the molecule is N#Cc1ccccc1S(=O)(=O)N1CCC2(CC1)OCCCO2. The topological polar surface area (TPSA) is 79.6 Å². The first-order valence-electron chi connectivity index (χ1n) is 7.35. The number of sulfonamides is 1. The molecule has 0 N–H and O–H groups in total. The lowest BCUT2D eigenvalue weighted by molar-refractivity contribution is -0.280. The monoisotopic (exact) mass is 322 g/mol. The van der Waals surface area contributed by atoms with Gasteiger partial charge in [-0.2, -0.15) is 9.57 Å². The zero-order valence-electron chi connectivity index (χ0n) is 12.2. The molecular weight excluding hydrogens is 304 g/mol. The molecule has 0 atom stereocenters. The van der Waals surface area contributed by atoms with Crippen LogP contribution < -0.4 is 0 Å². The smallest absolute Gasteiger partial charge is 0.244 e. The third kappa shape index (κ3) is 2.75. The van der Waals surface area contributed by atoms with Crippen molar-refractivity contribution in [2.24, 2.45) is 0 Å². The summed E-state index contributed by atoms with van der Waals surface area (Å²) < 4.78 is 38.3. The summed E-state index contributed by atoms with van der Waals surface area (Å²) in [6.07, 6.45) is 1.90. The molecule has 0 radical (unpaired) electrons. The van der Waals surface area contributed by atoms with Crippen LogP contribution in [0.5, 0.6) is 0 Å². The predicted octanol–water partition coefficient (Wildman–Crippen LogP) is 1.48. The summed E-state index contributed by atoms with van der Waals surface area (Å²) in [5.74, 6) is -0.626. The van der Waals surface area contributed by atoms with E-state index in [4.69, 9.17) is 14.7 Å². The van der Waals surface area contributed by atoms with Crippen LogP contribution in [0.4, 0.5) is 0 Å². The van der Waals surface area contributed by atoms with Crippen LogP contribution in [0.15, 0.2) is 29.2 Å². The molecule has 0 bridgehead atoms. The van der Waals surface area contributed by atoms with Crippen molar-refractivity contribution in [1.29, 1.82) is 5.26 Å². The summed E-state index contributed by atoms with van der Waals surface area (Å²) in [5, 5.41) is 9.11. The van der Waals surface area contributed by atoms with Crippen molar-refractivity contribution >= 4 is 10.0 Å². The van der Waals surface area contributed by atoms with Crippen molar-refractivity contribution in [3.05, 3.63) is 29.8 Å². The molecule has 2 heterocycles. The Labute approximate surface area is 130 Å². The van der Waals surface area contributed by atoms with Gasteiger partial charge in [-0.25, -0.2) is 8.42 Å². The molecule has 2 fully saturated rings. The minimum Gasteiger partial charge on any atom is -0.350 e. The van der Waals surface area contributed by atoms with Crippen LogP contribution in [0.25, 0.3) is 0 Å². The van der Waals surface area contributed by atoms with Crippen LogP contribution in [0.2, 0.25) is 0 Å². The summed E-state index contributed by atoms with van der Waals surface area (Å²) in [7, 11) is -3.66. The molecule has 2 aliphatic heterocycles. The second kappa shape index (κ2) is 5.97. The van der Waals surface area contributed by atoms with Gasteiger partial charge in [0.25, 0.3) is 0 Å². The second-order valence-corrected chi connectivity index (χ2v) is 7.38. The maximum atomic E-state index is 12.7. The van der Waals surface area contributed by atoms with Crippen molar-refractivity contribution in [1.82, 2.24) is 4.31 Å². The van der Waals surface area contributed by atoms with Gasteiger partial charge in [0.1, 0.15) is 6.07 Å². The highest BCUT2D eigenvalue weighted by atomic mass is 32.2. The number of ether oxygens (including phenoxy) is 2. The molecular formula is C15H18N2O4S. The molecule has 2 aliphatic rings. The lowest BCUT2D eigenvalue weighted by Crippen LogP contribution is -2.51. The van der Waals surface area contributed by atoms with Crippen LogP contribution in [0, 0.1) is 11.3 Å². The maximum Gasteiger partial charge on any atom is 0.244 e. The molecule has 118 valence electrons. The van der Waals surface area contributed by atoms with Crippen molar-refractivity contribution in [3.63, 3.8) is 0 Å². The van der Waals surface area contributed by atoms with Gasteiger partial charge in [0.15, 0.2) is 5.79 Å². The first-order valence-corrected chi connectivity index (χ1v) is 8.79. The standard InChI is InChI=1S/C15H18N2O4S/c16-12-13-4-1-2-5-14(13)22(18,19)17-8-6-15(7-9-17)20-10-3-11-21-15/h1-2,4-5H,3,6-11H2. The molecule has 22 heavy (non-hydrogen) atoms. The van der Waals surface area contributed by atoms with Gasteiger partial charge in [-0.1, -0.05) is 12.1 Å². The Morgan fingerprint density at radius 1 is 1.14 bits per heavy atom. The Morgan fingerprint density at radius 3 is 2.41 bits per heavy atom. The minimum absolute atomic E-state index is 0.0685. The lowest BCUT2D eigenvalue weighted by atomic mass is 10.0. The molecule has 0 aromatic heterocycles.